The van der Waals surface area contributed by atoms with E-state index in [0.717, 1.165) is 11.3 Å². The molecule has 0 heterocycles. The van der Waals surface area contributed by atoms with E-state index in [-0.39, 0.29) is 18.9 Å². The van der Waals surface area contributed by atoms with Gasteiger partial charge in [0.15, 0.2) is 6.61 Å². The van der Waals surface area contributed by atoms with Gasteiger partial charge in [0.25, 0.3) is 5.91 Å². The lowest BCUT2D eigenvalue weighted by atomic mass is 10.1. The van der Waals surface area contributed by atoms with Crippen molar-refractivity contribution in [2.24, 2.45) is 10.8 Å². The minimum atomic E-state index is -0.591. The lowest BCUT2D eigenvalue weighted by Crippen LogP contribution is -2.20. The third-order valence-corrected chi connectivity index (χ3v) is 3.55. The summed E-state index contributed by atoms with van der Waals surface area (Å²) in [6.45, 7) is -0.255. The van der Waals surface area contributed by atoms with Crippen molar-refractivity contribution in [3.8, 4) is 11.5 Å². The Morgan fingerprint density at radius 1 is 1.23 bits per heavy atom. The highest BCUT2D eigenvalue weighted by Crippen LogP contribution is 2.24. The Bertz CT molecular complexity index is 807. The number of carbonyl (C=O) groups excluding carboxylic acids is 2. The Balaban J connectivity index is 1.87. The summed E-state index contributed by atoms with van der Waals surface area (Å²) in [4.78, 5) is 22.6. The summed E-state index contributed by atoms with van der Waals surface area (Å²) in [6.07, 6.45) is 1.65. The second-order valence-corrected chi connectivity index (χ2v) is 5.67. The van der Waals surface area contributed by atoms with Crippen molar-refractivity contribution < 1.29 is 19.1 Å². The van der Waals surface area contributed by atoms with E-state index >= 15 is 0 Å². The molecule has 0 aliphatic carbocycles. The summed E-state index contributed by atoms with van der Waals surface area (Å²) < 4.78 is 10.2. The number of amides is 2. The van der Waals surface area contributed by atoms with Gasteiger partial charge in [-0.1, -0.05) is 23.7 Å². The predicted octanol–water partition coefficient (Wildman–Crippen LogP) is 1.91. The van der Waals surface area contributed by atoms with E-state index in [4.69, 9.17) is 26.8 Å². The van der Waals surface area contributed by atoms with Gasteiger partial charge >= 0.3 is 0 Å². The predicted molar refractivity (Wildman–Crippen MR) is 98.6 cm³/mol. The molecule has 0 saturated carbocycles. The molecule has 2 rings (SSSR count). The van der Waals surface area contributed by atoms with Crippen LogP contribution in [-0.4, -0.2) is 31.7 Å². The van der Waals surface area contributed by atoms with Crippen LogP contribution >= 0.6 is 11.6 Å². The van der Waals surface area contributed by atoms with Crippen LogP contribution in [0.3, 0.4) is 0 Å². The smallest absolute Gasteiger partial charge is 0.255 e. The van der Waals surface area contributed by atoms with Gasteiger partial charge in [-0.15, -0.1) is 0 Å². The Morgan fingerprint density at radius 3 is 2.58 bits per heavy atom. The minimum Gasteiger partial charge on any atom is -0.497 e. The SMILES string of the molecule is COc1ccc(CC(=O)NN=Cc2ccc(OCC(N)=O)c(Cl)c2)cc1. The molecule has 2 amide bonds. The van der Waals surface area contributed by atoms with Crippen LogP contribution in [0, 0.1) is 0 Å². The second-order valence-electron chi connectivity index (χ2n) is 5.26. The van der Waals surface area contributed by atoms with Crippen LogP contribution < -0.4 is 20.6 Å². The monoisotopic (exact) mass is 375 g/mol. The van der Waals surface area contributed by atoms with Gasteiger partial charge in [-0.25, -0.2) is 5.43 Å². The Morgan fingerprint density at radius 2 is 1.96 bits per heavy atom. The van der Waals surface area contributed by atoms with Gasteiger partial charge in [0.2, 0.25) is 5.91 Å². The molecule has 2 aromatic carbocycles. The highest BCUT2D eigenvalue weighted by atomic mass is 35.5. The van der Waals surface area contributed by atoms with Gasteiger partial charge in [-0.2, -0.15) is 5.10 Å². The number of ether oxygens (including phenoxy) is 2. The molecular weight excluding hydrogens is 358 g/mol. The largest absolute Gasteiger partial charge is 0.497 e. The van der Waals surface area contributed by atoms with Crippen molar-refractivity contribution in [3.63, 3.8) is 0 Å². The zero-order valence-corrected chi connectivity index (χ0v) is 14.8. The van der Waals surface area contributed by atoms with Gasteiger partial charge in [0.1, 0.15) is 11.5 Å². The number of nitrogens with two attached hydrogens (primary N) is 1. The number of hydrazone groups is 1. The first-order valence-electron chi connectivity index (χ1n) is 7.63. The number of carbonyl (C=O) groups is 2. The molecule has 136 valence electrons. The molecule has 0 spiro atoms. The molecule has 0 unspecified atom stereocenters. The highest BCUT2D eigenvalue weighted by Gasteiger charge is 2.05. The van der Waals surface area contributed by atoms with Crippen molar-refractivity contribution in [1.29, 1.82) is 0 Å². The van der Waals surface area contributed by atoms with Gasteiger partial charge in [0.05, 0.1) is 24.8 Å². The van der Waals surface area contributed by atoms with Crippen LogP contribution in [0.4, 0.5) is 0 Å². The normalized spacial score (nSPS) is 10.5. The number of hydrogen-bond acceptors (Lipinski definition) is 5. The van der Waals surface area contributed by atoms with E-state index in [0.29, 0.717) is 16.3 Å². The fraction of sp³-hybridized carbons (Fsp3) is 0.167. The molecule has 0 aromatic heterocycles. The van der Waals surface area contributed by atoms with Crippen LogP contribution in [-0.2, 0) is 16.0 Å². The second kappa shape index (κ2) is 9.43. The molecule has 0 radical (unpaired) electrons. The molecule has 2 aromatic rings. The van der Waals surface area contributed by atoms with Crippen molar-refractivity contribution in [2.75, 3.05) is 13.7 Å². The first-order valence-corrected chi connectivity index (χ1v) is 8.01. The first-order chi connectivity index (χ1) is 12.5. The number of benzene rings is 2. The molecule has 26 heavy (non-hydrogen) atoms. The quantitative estimate of drug-likeness (QED) is 0.543. The number of nitrogens with one attached hydrogen (secondary N) is 1. The lowest BCUT2D eigenvalue weighted by Gasteiger charge is -2.06. The molecule has 0 bridgehead atoms. The van der Waals surface area contributed by atoms with Gasteiger partial charge in [0, 0.05) is 0 Å². The van der Waals surface area contributed by atoms with Gasteiger partial charge in [-0.3, -0.25) is 9.59 Å². The van der Waals surface area contributed by atoms with E-state index in [9.17, 15) is 9.59 Å². The number of rotatable bonds is 8. The summed E-state index contributed by atoms with van der Waals surface area (Å²) in [5.41, 5.74) is 8.96. The summed E-state index contributed by atoms with van der Waals surface area (Å²) in [5.74, 6) is 0.226. The number of halogens is 1. The summed E-state index contributed by atoms with van der Waals surface area (Å²) >= 11 is 6.05. The Labute approximate surface area is 155 Å². The summed E-state index contributed by atoms with van der Waals surface area (Å²) in [5, 5.41) is 4.20. The number of nitrogens with zero attached hydrogens (tertiary/aromatic N) is 1. The minimum absolute atomic E-state index is 0.196. The molecule has 0 aliphatic rings. The van der Waals surface area contributed by atoms with Gasteiger partial charge < -0.3 is 15.2 Å². The van der Waals surface area contributed by atoms with E-state index in [1.807, 2.05) is 12.1 Å². The molecule has 0 fully saturated rings. The van der Waals surface area contributed by atoms with Crippen molar-refractivity contribution in [2.45, 2.75) is 6.42 Å². The van der Waals surface area contributed by atoms with E-state index in [1.165, 1.54) is 6.21 Å². The zero-order valence-electron chi connectivity index (χ0n) is 14.1. The fourth-order valence-electron chi connectivity index (χ4n) is 2.01. The molecule has 7 nitrogen and oxygen atoms in total. The van der Waals surface area contributed by atoms with Crippen LogP contribution in [0.25, 0.3) is 0 Å². The van der Waals surface area contributed by atoms with Crippen LogP contribution in [0.1, 0.15) is 11.1 Å². The maximum Gasteiger partial charge on any atom is 0.255 e. The maximum atomic E-state index is 11.9. The topological polar surface area (TPSA) is 103 Å². The van der Waals surface area contributed by atoms with E-state index < -0.39 is 5.91 Å². The highest BCUT2D eigenvalue weighted by molar-refractivity contribution is 6.32. The Kier molecular flexibility index (Phi) is 6.99. The standard InChI is InChI=1S/C18H18ClN3O4/c1-25-14-5-2-12(3-6-14)9-18(24)22-21-10-13-4-7-16(15(19)8-13)26-11-17(20)23/h2-8,10H,9,11H2,1H3,(H2,20,23)(H,22,24). The Hall–Kier alpha value is -3.06. The van der Waals surface area contributed by atoms with E-state index in [2.05, 4.69) is 10.5 Å². The van der Waals surface area contributed by atoms with Crippen molar-refractivity contribution in [3.05, 3.63) is 58.6 Å². The number of hydrogen-bond donors (Lipinski definition) is 2. The fourth-order valence-corrected chi connectivity index (χ4v) is 2.25. The lowest BCUT2D eigenvalue weighted by molar-refractivity contribution is -0.121. The molecular formula is C18H18ClN3O4. The van der Waals surface area contributed by atoms with Gasteiger partial charge in [-0.05, 0) is 41.5 Å². The number of primary amides is 1. The summed E-state index contributed by atoms with van der Waals surface area (Å²) in [6, 6.07) is 12.1. The number of methoxy groups -OCH3 is 1. The molecule has 3 N–H and O–H groups in total. The van der Waals surface area contributed by atoms with Crippen LogP contribution in [0.15, 0.2) is 47.6 Å². The first kappa shape index (κ1) is 19.3. The molecule has 8 heteroatoms. The molecule has 0 atom stereocenters. The zero-order chi connectivity index (χ0) is 18.9. The third-order valence-electron chi connectivity index (χ3n) is 3.25. The van der Waals surface area contributed by atoms with Crippen LogP contribution in [0.2, 0.25) is 5.02 Å². The van der Waals surface area contributed by atoms with E-state index in [1.54, 1.807) is 37.4 Å². The van der Waals surface area contributed by atoms with Crippen molar-refractivity contribution >= 4 is 29.6 Å². The maximum absolute atomic E-state index is 11.9. The molecule has 0 aliphatic heterocycles. The average Bonchev–Trinajstić information content (AvgIpc) is 2.61. The van der Waals surface area contributed by atoms with Crippen LogP contribution in [0.5, 0.6) is 11.5 Å². The third kappa shape index (κ3) is 6.10. The summed E-state index contributed by atoms with van der Waals surface area (Å²) in [7, 11) is 1.58. The molecule has 0 saturated heterocycles. The average molecular weight is 376 g/mol. The van der Waals surface area contributed by atoms with Crippen molar-refractivity contribution in [1.82, 2.24) is 5.43 Å².